The minimum Gasteiger partial charge on any atom is -0.409 e. The van der Waals surface area contributed by atoms with Gasteiger partial charge < -0.3 is 16.3 Å². The van der Waals surface area contributed by atoms with E-state index in [1.54, 1.807) is 0 Å². The predicted molar refractivity (Wildman–Crippen MR) is 62.1 cm³/mol. The fourth-order valence-corrected chi connectivity index (χ4v) is 1.74. The first-order chi connectivity index (χ1) is 7.44. The number of hydrogen-bond acceptors (Lipinski definition) is 3. The van der Waals surface area contributed by atoms with Crippen LogP contribution in [0.2, 0.25) is 0 Å². The van der Waals surface area contributed by atoms with Crippen LogP contribution in [0, 0.1) is 11.3 Å². The molecule has 1 aliphatic rings. The second-order valence-electron chi connectivity index (χ2n) is 4.93. The minimum absolute atomic E-state index is 0.0345. The van der Waals surface area contributed by atoms with Crippen LogP contribution in [0.1, 0.15) is 40.0 Å². The molecule has 5 nitrogen and oxygen atoms in total. The van der Waals surface area contributed by atoms with E-state index in [1.807, 2.05) is 20.8 Å². The van der Waals surface area contributed by atoms with Gasteiger partial charge in [-0.25, -0.2) is 0 Å². The van der Waals surface area contributed by atoms with Gasteiger partial charge in [-0.05, 0) is 25.7 Å². The molecule has 1 unspecified atom stereocenters. The number of hydrogen-bond donors (Lipinski definition) is 3. The maximum absolute atomic E-state index is 12.1. The number of amides is 1. The van der Waals surface area contributed by atoms with Crippen LogP contribution in [0.5, 0.6) is 0 Å². The van der Waals surface area contributed by atoms with Crippen molar-refractivity contribution in [2.45, 2.75) is 46.1 Å². The van der Waals surface area contributed by atoms with E-state index in [0.29, 0.717) is 18.8 Å². The molecule has 1 rings (SSSR count). The molecule has 4 N–H and O–H groups in total. The molecule has 0 aromatic heterocycles. The molecule has 5 heteroatoms. The quantitative estimate of drug-likeness (QED) is 0.290. The molecule has 1 saturated carbocycles. The average molecular weight is 227 g/mol. The highest BCUT2D eigenvalue weighted by Crippen LogP contribution is 2.41. The van der Waals surface area contributed by atoms with Crippen LogP contribution in [0.3, 0.4) is 0 Å². The van der Waals surface area contributed by atoms with E-state index < -0.39 is 5.41 Å². The summed E-state index contributed by atoms with van der Waals surface area (Å²) in [5.41, 5.74) is 4.84. The Balaban J connectivity index is 2.71. The summed E-state index contributed by atoms with van der Waals surface area (Å²) in [6.45, 7) is 6.05. The third-order valence-corrected chi connectivity index (χ3v) is 3.60. The van der Waals surface area contributed by atoms with Gasteiger partial charge in [0.25, 0.3) is 0 Å². The SMILES string of the molecule is CC(C)C(C)NC(=O)C1(C(N)=NO)CCC1. The summed E-state index contributed by atoms with van der Waals surface area (Å²) in [5, 5.41) is 14.6. The Bertz CT molecular complexity index is 296. The maximum atomic E-state index is 12.1. The van der Waals surface area contributed by atoms with Crippen molar-refractivity contribution >= 4 is 11.7 Å². The Morgan fingerprint density at radius 1 is 1.44 bits per heavy atom. The molecule has 0 aromatic rings. The molecule has 1 fully saturated rings. The number of carbonyl (C=O) groups is 1. The molecule has 0 radical (unpaired) electrons. The lowest BCUT2D eigenvalue weighted by Crippen LogP contribution is -2.56. The second kappa shape index (κ2) is 4.72. The molecule has 92 valence electrons. The largest absolute Gasteiger partial charge is 0.409 e. The Hall–Kier alpha value is -1.26. The molecule has 1 amide bonds. The highest BCUT2D eigenvalue weighted by molar-refractivity contribution is 6.07. The molecule has 1 atom stereocenters. The van der Waals surface area contributed by atoms with Crippen molar-refractivity contribution in [2.24, 2.45) is 22.2 Å². The molecule has 1 aliphatic carbocycles. The lowest BCUT2D eigenvalue weighted by Gasteiger charge is -2.39. The van der Waals surface area contributed by atoms with Crippen LogP contribution >= 0.6 is 0 Å². The summed E-state index contributed by atoms with van der Waals surface area (Å²) in [5.74, 6) is 0.288. The zero-order valence-electron chi connectivity index (χ0n) is 10.2. The van der Waals surface area contributed by atoms with Crippen LogP contribution in [0.15, 0.2) is 5.16 Å². The van der Waals surface area contributed by atoms with E-state index in [2.05, 4.69) is 10.5 Å². The van der Waals surface area contributed by atoms with E-state index in [1.165, 1.54) is 0 Å². The third kappa shape index (κ3) is 2.13. The third-order valence-electron chi connectivity index (χ3n) is 3.60. The first kappa shape index (κ1) is 12.8. The van der Waals surface area contributed by atoms with Crippen molar-refractivity contribution in [3.8, 4) is 0 Å². The van der Waals surface area contributed by atoms with Crippen molar-refractivity contribution < 1.29 is 10.0 Å². The van der Waals surface area contributed by atoms with Crippen LogP contribution in [-0.2, 0) is 4.79 Å². The van der Waals surface area contributed by atoms with Crippen molar-refractivity contribution in [3.63, 3.8) is 0 Å². The van der Waals surface area contributed by atoms with E-state index >= 15 is 0 Å². The summed E-state index contributed by atoms with van der Waals surface area (Å²) >= 11 is 0. The van der Waals surface area contributed by atoms with Crippen molar-refractivity contribution in [1.29, 1.82) is 0 Å². The molecule has 0 heterocycles. The summed E-state index contributed by atoms with van der Waals surface area (Å²) in [6.07, 6.45) is 2.28. The van der Waals surface area contributed by atoms with Gasteiger partial charge in [-0.1, -0.05) is 25.4 Å². The zero-order valence-corrected chi connectivity index (χ0v) is 10.2. The summed E-state index contributed by atoms with van der Waals surface area (Å²) in [4.78, 5) is 12.1. The Kier molecular flexibility index (Phi) is 3.78. The van der Waals surface area contributed by atoms with Crippen molar-refractivity contribution in [1.82, 2.24) is 5.32 Å². The van der Waals surface area contributed by atoms with Gasteiger partial charge >= 0.3 is 0 Å². The van der Waals surface area contributed by atoms with Gasteiger partial charge in [0.15, 0.2) is 5.84 Å². The maximum Gasteiger partial charge on any atom is 0.234 e. The highest BCUT2D eigenvalue weighted by Gasteiger charge is 2.48. The van der Waals surface area contributed by atoms with E-state index in [9.17, 15) is 4.79 Å². The number of nitrogens with one attached hydrogen (secondary N) is 1. The van der Waals surface area contributed by atoms with Crippen molar-refractivity contribution in [3.05, 3.63) is 0 Å². The predicted octanol–water partition coefficient (Wildman–Crippen LogP) is 1.06. The number of carbonyl (C=O) groups excluding carboxylic acids is 1. The van der Waals surface area contributed by atoms with Crippen LogP contribution in [0.4, 0.5) is 0 Å². The number of oxime groups is 1. The van der Waals surface area contributed by atoms with E-state index in [4.69, 9.17) is 10.9 Å². The van der Waals surface area contributed by atoms with Gasteiger partial charge in [0.05, 0.1) is 0 Å². The van der Waals surface area contributed by atoms with Crippen molar-refractivity contribution in [2.75, 3.05) is 0 Å². The Morgan fingerprint density at radius 2 is 2.00 bits per heavy atom. The minimum atomic E-state index is -0.766. The van der Waals surface area contributed by atoms with Crippen LogP contribution in [-0.4, -0.2) is 23.0 Å². The molecule has 0 aromatic carbocycles. The highest BCUT2D eigenvalue weighted by atomic mass is 16.4. The van der Waals surface area contributed by atoms with Gasteiger partial charge in [-0.3, -0.25) is 4.79 Å². The molecule has 0 saturated heterocycles. The number of amidine groups is 1. The summed E-state index contributed by atoms with van der Waals surface area (Å²) < 4.78 is 0. The lowest BCUT2D eigenvalue weighted by atomic mass is 9.67. The number of nitrogens with two attached hydrogens (primary N) is 1. The van der Waals surface area contributed by atoms with E-state index in [0.717, 1.165) is 6.42 Å². The van der Waals surface area contributed by atoms with Gasteiger partial charge in [0.1, 0.15) is 5.41 Å². The summed E-state index contributed by atoms with van der Waals surface area (Å²) in [7, 11) is 0. The first-order valence-electron chi connectivity index (χ1n) is 5.73. The van der Waals surface area contributed by atoms with Crippen LogP contribution in [0.25, 0.3) is 0 Å². The smallest absolute Gasteiger partial charge is 0.234 e. The lowest BCUT2D eigenvalue weighted by molar-refractivity contribution is -0.132. The van der Waals surface area contributed by atoms with Gasteiger partial charge in [0, 0.05) is 6.04 Å². The summed E-state index contributed by atoms with van der Waals surface area (Å²) in [6, 6.07) is 0.0940. The molecule has 0 bridgehead atoms. The molecular weight excluding hydrogens is 206 g/mol. The number of nitrogens with zero attached hydrogens (tertiary/aromatic N) is 1. The molecule has 16 heavy (non-hydrogen) atoms. The molecular formula is C11H21N3O2. The Labute approximate surface area is 96.1 Å². The molecule has 0 aliphatic heterocycles. The first-order valence-corrected chi connectivity index (χ1v) is 5.73. The Morgan fingerprint density at radius 3 is 2.31 bits per heavy atom. The van der Waals surface area contributed by atoms with Gasteiger partial charge in [0.2, 0.25) is 5.91 Å². The van der Waals surface area contributed by atoms with Gasteiger partial charge in [-0.15, -0.1) is 0 Å². The number of rotatable bonds is 4. The second-order valence-corrected chi connectivity index (χ2v) is 4.93. The van der Waals surface area contributed by atoms with E-state index in [-0.39, 0.29) is 17.8 Å². The monoisotopic (exact) mass is 227 g/mol. The standard InChI is InChI=1S/C11H21N3O2/c1-7(2)8(3)13-10(15)11(5-4-6-11)9(12)14-16/h7-8,16H,4-6H2,1-3H3,(H2,12,14)(H,13,15). The normalized spacial score (nSPS) is 21.4. The van der Waals surface area contributed by atoms with Gasteiger partial charge in [-0.2, -0.15) is 0 Å². The van der Waals surface area contributed by atoms with Crippen LogP contribution < -0.4 is 11.1 Å². The fourth-order valence-electron chi connectivity index (χ4n) is 1.74. The average Bonchev–Trinajstić information content (AvgIpc) is 2.15. The topological polar surface area (TPSA) is 87.7 Å². The zero-order chi connectivity index (χ0) is 12.3. The fraction of sp³-hybridized carbons (Fsp3) is 0.818. The molecule has 0 spiro atoms.